The molecule has 2 aromatic carbocycles. The van der Waals surface area contributed by atoms with E-state index in [-0.39, 0.29) is 5.75 Å². The molecule has 1 atom stereocenters. The van der Waals surface area contributed by atoms with Crippen LogP contribution in [0.5, 0.6) is 11.5 Å². The fraction of sp³-hybridized carbons (Fsp3) is 0.294. The van der Waals surface area contributed by atoms with E-state index in [0.29, 0.717) is 17.2 Å². The van der Waals surface area contributed by atoms with Gasteiger partial charge in [-0.15, -0.1) is 0 Å². The Morgan fingerprint density at radius 2 is 1.55 bits per heavy atom. The molecule has 0 spiro atoms. The highest BCUT2D eigenvalue weighted by Gasteiger charge is 2.09. The second kappa shape index (κ2) is 6.06. The van der Waals surface area contributed by atoms with Crippen LogP contribution in [0.15, 0.2) is 42.5 Å². The highest BCUT2D eigenvalue weighted by Crippen LogP contribution is 2.28. The molecule has 0 aliphatic carbocycles. The fourth-order valence-corrected chi connectivity index (χ4v) is 1.91. The Kier molecular flexibility index (Phi) is 4.40. The van der Waals surface area contributed by atoms with Gasteiger partial charge >= 0.3 is 0 Å². The molecular weight excluding hydrogens is 255 g/mol. The molecule has 0 saturated carbocycles. The number of benzene rings is 2. The summed E-state index contributed by atoms with van der Waals surface area (Å²) in [5.74, 6) is 0.729. The van der Waals surface area contributed by atoms with E-state index < -0.39 is 11.9 Å². The molecule has 1 unspecified atom stereocenters. The topological polar surface area (TPSA) is 29.5 Å². The lowest BCUT2D eigenvalue weighted by atomic mass is 10.0. The zero-order valence-corrected chi connectivity index (χ0v) is 11.9. The van der Waals surface area contributed by atoms with Crippen molar-refractivity contribution in [2.24, 2.45) is 0 Å². The highest BCUT2D eigenvalue weighted by atomic mass is 19.1. The van der Waals surface area contributed by atoms with Crippen molar-refractivity contribution in [1.29, 1.82) is 0 Å². The van der Waals surface area contributed by atoms with Crippen LogP contribution in [0.2, 0.25) is 0 Å². The summed E-state index contributed by atoms with van der Waals surface area (Å²) < 4.78 is 19.4. The van der Waals surface area contributed by atoms with Crippen molar-refractivity contribution in [2.75, 3.05) is 0 Å². The first-order valence-electron chi connectivity index (χ1n) is 6.72. The van der Waals surface area contributed by atoms with Gasteiger partial charge in [0.1, 0.15) is 5.75 Å². The number of hydrogen-bond acceptors (Lipinski definition) is 2. The van der Waals surface area contributed by atoms with Crippen LogP contribution in [0, 0.1) is 5.82 Å². The maximum Gasteiger partial charge on any atom is 0.166 e. The molecule has 0 radical (unpaired) electrons. The van der Waals surface area contributed by atoms with E-state index in [4.69, 9.17) is 4.74 Å². The molecule has 0 aliphatic heterocycles. The summed E-state index contributed by atoms with van der Waals surface area (Å²) in [4.78, 5) is 0. The van der Waals surface area contributed by atoms with Gasteiger partial charge in [0, 0.05) is 0 Å². The summed E-state index contributed by atoms with van der Waals surface area (Å²) in [6.45, 7) is 5.83. The summed E-state index contributed by atoms with van der Waals surface area (Å²) in [6, 6.07) is 12.1. The second-order valence-electron chi connectivity index (χ2n) is 5.19. The number of rotatable bonds is 4. The molecule has 0 heterocycles. The Balaban J connectivity index is 2.17. The fourth-order valence-electron chi connectivity index (χ4n) is 1.91. The molecule has 2 rings (SSSR count). The third-order valence-corrected chi connectivity index (χ3v) is 3.21. The van der Waals surface area contributed by atoms with Gasteiger partial charge in [0.2, 0.25) is 0 Å². The second-order valence-corrected chi connectivity index (χ2v) is 5.19. The van der Waals surface area contributed by atoms with Gasteiger partial charge in [0.25, 0.3) is 0 Å². The Morgan fingerprint density at radius 1 is 0.950 bits per heavy atom. The first kappa shape index (κ1) is 14.5. The standard InChI is InChI=1S/C17H19FO2/c1-11(2)13-4-7-15(8-5-13)20-17-9-6-14(12(3)19)10-16(17)18/h4-12,19H,1-3H3. The van der Waals surface area contributed by atoms with Crippen LogP contribution < -0.4 is 4.74 Å². The van der Waals surface area contributed by atoms with Crippen molar-refractivity contribution in [3.63, 3.8) is 0 Å². The number of halogens is 1. The van der Waals surface area contributed by atoms with Crippen molar-refractivity contribution >= 4 is 0 Å². The zero-order chi connectivity index (χ0) is 14.7. The smallest absolute Gasteiger partial charge is 0.166 e. The molecule has 0 bridgehead atoms. The van der Waals surface area contributed by atoms with E-state index in [1.54, 1.807) is 13.0 Å². The molecule has 0 amide bonds. The van der Waals surface area contributed by atoms with Gasteiger partial charge in [-0.05, 0) is 48.2 Å². The normalized spacial score (nSPS) is 12.5. The predicted octanol–water partition coefficient (Wildman–Crippen LogP) is 4.79. The zero-order valence-electron chi connectivity index (χ0n) is 11.9. The van der Waals surface area contributed by atoms with Gasteiger partial charge in [-0.2, -0.15) is 0 Å². The van der Waals surface area contributed by atoms with E-state index in [0.717, 1.165) is 0 Å². The Bertz CT molecular complexity index is 574. The van der Waals surface area contributed by atoms with Crippen molar-refractivity contribution in [2.45, 2.75) is 32.8 Å². The van der Waals surface area contributed by atoms with Crippen LogP contribution in [0.1, 0.15) is 43.9 Å². The number of aliphatic hydroxyl groups excluding tert-OH is 1. The first-order chi connectivity index (χ1) is 9.47. The minimum absolute atomic E-state index is 0.159. The number of ether oxygens (including phenoxy) is 1. The van der Waals surface area contributed by atoms with Crippen molar-refractivity contribution in [1.82, 2.24) is 0 Å². The SMILES string of the molecule is CC(C)c1ccc(Oc2ccc(C(C)O)cc2F)cc1. The van der Waals surface area contributed by atoms with Gasteiger partial charge in [-0.25, -0.2) is 4.39 Å². The summed E-state index contributed by atoms with van der Waals surface area (Å²) in [6.07, 6.45) is -0.691. The van der Waals surface area contributed by atoms with Crippen molar-refractivity contribution < 1.29 is 14.2 Å². The molecule has 1 N–H and O–H groups in total. The molecule has 3 heteroatoms. The maximum atomic E-state index is 13.9. The van der Waals surface area contributed by atoms with Crippen molar-refractivity contribution in [3.8, 4) is 11.5 Å². The Labute approximate surface area is 118 Å². The van der Waals surface area contributed by atoms with Gasteiger partial charge < -0.3 is 9.84 Å². The van der Waals surface area contributed by atoms with Gasteiger partial charge in [0.05, 0.1) is 6.10 Å². The van der Waals surface area contributed by atoms with E-state index in [9.17, 15) is 9.50 Å². The molecule has 0 saturated heterocycles. The van der Waals surface area contributed by atoms with Gasteiger partial charge in [-0.1, -0.05) is 32.0 Å². The van der Waals surface area contributed by atoms with Crippen LogP contribution in [0.3, 0.4) is 0 Å². The molecule has 106 valence electrons. The number of aliphatic hydroxyl groups is 1. The van der Waals surface area contributed by atoms with E-state index in [2.05, 4.69) is 13.8 Å². The van der Waals surface area contributed by atoms with E-state index in [1.165, 1.54) is 17.7 Å². The average molecular weight is 274 g/mol. The third-order valence-electron chi connectivity index (χ3n) is 3.21. The first-order valence-corrected chi connectivity index (χ1v) is 6.72. The minimum Gasteiger partial charge on any atom is -0.454 e. The highest BCUT2D eigenvalue weighted by molar-refractivity contribution is 5.36. The predicted molar refractivity (Wildman–Crippen MR) is 77.6 cm³/mol. The van der Waals surface area contributed by atoms with Crippen LogP contribution in [0.4, 0.5) is 4.39 Å². The largest absolute Gasteiger partial charge is 0.454 e. The van der Waals surface area contributed by atoms with Crippen LogP contribution in [-0.4, -0.2) is 5.11 Å². The Hall–Kier alpha value is -1.87. The van der Waals surface area contributed by atoms with Gasteiger partial charge in [-0.3, -0.25) is 0 Å². The molecule has 0 aromatic heterocycles. The van der Waals surface area contributed by atoms with E-state index >= 15 is 0 Å². The third kappa shape index (κ3) is 3.36. The Morgan fingerprint density at radius 3 is 2.05 bits per heavy atom. The summed E-state index contributed by atoms with van der Waals surface area (Å²) in [7, 11) is 0. The van der Waals surface area contributed by atoms with Crippen LogP contribution in [0.25, 0.3) is 0 Å². The lowest BCUT2D eigenvalue weighted by Crippen LogP contribution is -1.95. The monoisotopic (exact) mass is 274 g/mol. The number of hydrogen-bond donors (Lipinski definition) is 1. The van der Waals surface area contributed by atoms with Gasteiger partial charge in [0.15, 0.2) is 11.6 Å². The van der Waals surface area contributed by atoms with E-state index in [1.807, 2.05) is 24.3 Å². The maximum absolute atomic E-state index is 13.9. The van der Waals surface area contributed by atoms with Crippen LogP contribution >= 0.6 is 0 Å². The lowest BCUT2D eigenvalue weighted by Gasteiger charge is -2.11. The summed E-state index contributed by atoms with van der Waals surface area (Å²) >= 11 is 0. The summed E-state index contributed by atoms with van der Waals surface area (Å²) in [5.41, 5.74) is 1.74. The molecular formula is C17H19FO2. The van der Waals surface area contributed by atoms with Crippen LogP contribution in [-0.2, 0) is 0 Å². The quantitative estimate of drug-likeness (QED) is 0.868. The molecule has 0 fully saturated rings. The average Bonchev–Trinajstić information content (AvgIpc) is 2.41. The molecule has 20 heavy (non-hydrogen) atoms. The van der Waals surface area contributed by atoms with Crippen molar-refractivity contribution in [3.05, 3.63) is 59.4 Å². The molecule has 2 nitrogen and oxygen atoms in total. The molecule has 2 aromatic rings. The minimum atomic E-state index is -0.691. The summed E-state index contributed by atoms with van der Waals surface area (Å²) in [5, 5.41) is 9.40. The molecule has 0 aliphatic rings. The lowest BCUT2D eigenvalue weighted by molar-refractivity contribution is 0.198.